The molecule has 0 aromatic carbocycles. The number of pyridine rings is 1. The Morgan fingerprint density at radius 1 is 1.45 bits per heavy atom. The lowest BCUT2D eigenvalue weighted by molar-refractivity contribution is 0.0786. The topological polar surface area (TPSA) is 45.2 Å². The average molecular weight is 275 g/mol. The summed E-state index contributed by atoms with van der Waals surface area (Å²) in [7, 11) is 0. The molecule has 0 radical (unpaired) electrons. The van der Waals surface area contributed by atoms with E-state index < -0.39 is 0 Å². The third-order valence-electron chi connectivity index (χ3n) is 3.91. The van der Waals surface area contributed by atoms with E-state index in [1.165, 1.54) is 0 Å². The number of nitrogens with zero attached hydrogens (tertiary/aromatic N) is 2. The normalized spacial score (nSPS) is 18.4. The summed E-state index contributed by atoms with van der Waals surface area (Å²) in [6.45, 7) is 8.91. The maximum absolute atomic E-state index is 12.6. The van der Waals surface area contributed by atoms with E-state index >= 15 is 0 Å². The lowest BCUT2D eigenvalue weighted by Crippen LogP contribution is -2.28. The SMILES string of the molecule is CCCNc1cc(C(=O)N2CCC(CC)C2)cc(C)n1. The third-order valence-corrected chi connectivity index (χ3v) is 3.91. The lowest BCUT2D eigenvalue weighted by atomic mass is 10.1. The monoisotopic (exact) mass is 275 g/mol. The predicted octanol–water partition coefficient (Wildman–Crippen LogP) is 3.08. The number of aryl methyl sites for hydroxylation is 1. The molecule has 1 atom stereocenters. The number of likely N-dealkylation sites (tertiary alicyclic amines) is 1. The van der Waals surface area contributed by atoms with E-state index in [-0.39, 0.29) is 5.91 Å². The minimum Gasteiger partial charge on any atom is -0.370 e. The minimum absolute atomic E-state index is 0.144. The second kappa shape index (κ2) is 6.73. The first-order chi connectivity index (χ1) is 9.63. The van der Waals surface area contributed by atoms with Crippen molar-refractivity contribution in [3.63, 3.8) is 0 Å². The zero-order valence-electron chi connectivity index (χ0n) is 12.8. The summed E-state index contributed by atoms with van der Waals surface area (Å²) in [5.41, 5.74) is 1.65. The van der Waals surface area contributed by atoms with Gasteiger partial charge in [-0.25, -0.2) is 4.98 Å². The van der Waals surface area contributed by atoms with Crippen LogP contribution >= 0.6 is 0 Å². The molecule has 2 heterocycles. The largest absolute Gasteiger partial charge is 0.370 e. The van der Waals surface area contributed by atoms with Crippen LogP contribution in [0.3, 0.4) is 0 Å². The van der Waals surface area contributed by atoms with Gasteiger partial charge in [0, 0.05) is 30.9 Å². The molecule has 1 aromatic heterocycles. The van der Waals surface area contributed by atoms with Gasteiger partial charge in [-0.15, -0.1) is 0 Å². The first kappa shape index (κ1) is 14.8. The molecule has 1 amide bonds. The fraction of sp³-hybridized carbons (Fsp3) is 0.625. The van der Waals surface area contributed by atoms with Crippen molar-refractivity contribution in [2.75, 3.05) is 25.0 Å². The van der Waals surface area contributed by atoms with Gasteiger partial charge in [-0.2, -0.15) is 0 Å². The van der Waals surface area contributed by atoms with Crippen molar-refractivity contribution < 1.29 is 4.79 Å². The molecule has 4 heteroatoms. The Morgan fingerprint density at radius 3 is 2.90 bits per heavy atom. The summed E-state index contributed by atoms with van der Waals surface area (Å²) >= 11 is 0. The van der Waals surface area contributed by atoms with Gasteiger partial charge in [0.1, 0.15) is 5.82 Å². The van der Waals surface area contributed by atoms with E-state index in [4.69, 9.17) is 0 Å². The van der Waals surface area contributed by atoms with Gasteiger partial charge >= 0.3 is 0 Å². The summed E-state index contributed by atoms with van der Waals surface area (Å²) in [4.78, 5) is 19.0. The van der Waals surface area contributed by atoms with Gasteiger partial charge in [0.25, 0.3) is 5.91 Å². The van der Waals surface area contributed by atoms with Gasteiger partial charge in [-0.05, 0) is 37.8 Å². The second-order valence-corrected chi connectivity index (χ2v) is 5.62. The highest BCUT2D eigenvalue weighted by atomic mass is 16.2. The van der Waals surface area contributed by atoms with Crippen molar-refractivity contribution in [2.45, 2.75) is 40.0 Å². The van der Waals surface area contributed by atoms with Gasteiger partial charge < -0.3 is 10.2 Å². The lowest BCUT2D eigenvalue weighted by Gasteiger charge is -2.17. The minimum atomic E-state index is 0.144. The van der Waals surface area contributed by atoms with Gasteiger partial charge in [0.05, 0.1) is 0 Å². The highest BCUT2D eigenvalue weighted by Crippen LogP contribution is 2.22. The first-order valence-electron chi connectivity index (χ1n) is 7.65. The number of nitrogens with one attached hydrogen (secondary N) is 1. The van der Waals surface area contributed by atoms with E-state index in [0.29, 0.717) is 5.92 Å². The summed E-state index contributed by atoms with van der Waals surface area (Å²) in [6.07, 6.45) is 3.33. The van der Waals surface area contributed by atoms with E-state index in [1.54, 1.807) is 0 Å². The predicted molar refractivity (Wildman–Crippen MR) is 82.1 cm³/mol. The fourth-order valence-corrected chi connectivity index (χ4v) is 2.67. The van der Waals surface area contributed by atoms with Crippen molar-refractivity contribution in [1.29, 1.82) is 0 Å². The summed E-state index contributed by atoms with van der Waals surface area (Å²) < 4.78 is 0. The Bertz CT molecular complexity index is 473. The van der Waals surface area contributed by atoms with Crippen LogP contribution in [0.4, 0.5) is 5.82 Å². The van der Waals surface area contributed by atoms with E-state index in [9.17, 15) is 4.79 Å². The van der Waals surface area contributed by atoms with Crippen LogP contribution in [0.15, 0.2) is 12.1 Å². The van der Waals surface area contributed by atoms with Gasteiger partial charge in [-0.1, -0.05) is 20.3 Å². The Kier molecular flexibility index (Phi) is 4.99. The standard InChI is InChI=1S/C16H25N3O/c1-4-7-17-15-10-14(9-12(3)18-15)16(20)19-8-6-13(5-2)11-19/h9-10,13H,4-8,11H2,1-3H3,(H,17,18). The van der Waals surface area contributed by atoms with Crippen LogP contribution < -0.4 is 5.32 Å². The molecule has 0 spiro atoms. The first-order valence-corrected chi connectivity index (χ1v) is 7.65. The second-order valence-electron chi connectivity index (χ2n) is 5.62. The number of anilines is 1. The summed E-state index contributed by atoms with van der Waals surface area (Å²) in [5, 5.41) is 3.26. The van der Waals surface area contributed by atoms with Gasteiger partial charge in [0.15, 0.2) is 0 Å². The van der Waals surface area contributed by atoms with E-state index in [1.807, 2.05) is 24.0 Å². The van der Waals surface area contributed by atoms with Gasteiger partial charge in [0.2, 0.25) is 0 Å². The van der Waals surface area contributed by atoms with Crippen LogP contribution in [0.25, 0.3) is 0 Å². The Balaban J connectivity index is 2.11. The van der Waals surface area contributed by atoms with Crippen molar-refractivity contribution in [2.24, 2.45) is 5.92 Å². The molecule has 0 aliphatic carbocycles. The molecule has 0 bridgehead atoms. The quantitative estimate of drug-likeness (QED) is 0.898. The molecule has 1 aliphatic rings. The fourth-order valence-electron chi connectivity index (χ4n) is 2.67. The van der Waals surface area contributed by atoms with Gasteiger partial charge in [-0.3, -0.25) is 4.79 Å². The Hall–Kier alpha value is -1.58. The van der Waals surface area contributed by atoms with Crippen LogP contribution in [0.1, 0.15) is 49.2 Å². The average Bonchev–Trinajstić information content (AvgIpc) is 2.92. The molecule has 1 unspecified atom stereocenters. The smallest absolute Gasteiger partial charge is 0.254 e. The molecule has 1 aromatic rings. The molecular weight excluding hydrogens is 250 g/mol. The molecule has 1 aliphatic heterocycles. The van der Waals surface area contributed by atoms with Crippen molar-refractivity contribution in [3.05, 3.63) is 23.4 Å². The molecule has 1 fully saturated rings. The number of amides is 1. The van der Waals surface area contributed by atoms with Crippen molar-refractivity contribution in [1.82, 2.24) is 9.88 Å². The molecule has 110 valence electrons. The van der Waals surface area contributed by atoms with Crippen molar-refractivity contribution in [3.8, 4) is 0 Å². The summed E-state index contributed by atoms with van der Waals surface area (Å²) in [6, 6.07) is 3.77. The van der Waals surface area contributed by atoms with Crippen LogP contribution in [0.2, 0.25) is 0 Å². The number of aromatic nitrogens is 1. The number of hydrogen-bond acceptors (Lipinski definition) is 3. The zero-order chi connectivity index (χ0) is 14.5. The Labute approximate surface area is 121 Å². The highest BCUT2D eigenvalue weighted by Gasteiger charge is 2.26. The number of hydrogen-bond donors (Lipinski definition) is 1. The van der Waals surface area contributed by atoms with E-state index in [0.717, 1.165) is 56.0 Å². The summed E-state index contributed by atoms with van der Waals surface area (Å²) in [5.74, 6) is 1.62. The van der Waals surface area contributed by atoms with Crippen LogP contribution in [0.5, 0.6) is 0 Å². The maximum Gasteiger partial charge on any atom is 0.254 e. The molecule has 0 saturated carbocycles. The third kappa shape index (κ3) is 3.50. The number of carbonyl (C=O) groups excluding carboxylic acids is 1. The molecule has 2 rings (SSSR count). The van der Waals surface area contributed by atoms with Crippen molar-refractivity contribution >= 4 is 11.7 Å². The Morgan fingerprint density at radius 2 is 2.25 bits per heavy atom. The van der Waals surface area contributed by atoms with E-state index in [2.05, 4.69) is 24.1 Å². The number of carbonyl (C=O) groups is 1. The molecule has 1 N–H and O–H groups in total. The maximum atomic E-state index is 12.6. The number of rotatable bonds is 5. The molecular formula is C16H25N3O. The van der Waals surface area contributed by atoms with Crippen LogP contribution in [-0.4, -0.2) is 35.4 Å². The zero-order valence-corrected chi connectivity index (χ0v) is 12.8. The molecule has 1 saturated heterocycles. The van der Waals surface area contributed by atoms with Crippen LogP contribution in [-0.2, 0) is 0 Å². The van der Waals surface area contributed by atoms with Crippen LogP contribution in [0, 0.1) is 12.8 Å². The highest BCUT2D eigenvalue weighted by molar-refractivity contribution is 5.95. The molecule has 20 heavy (non-hydrogen) atoms. The molecule has 4 nitrogen and oxygen atoms in total.